The molecule has 15 heavy (non-hydrogen) atoms. The van der Waals surface area contributed by atoms with Gasteiger partial charge >= 0.3 is 0 Å². The fraction of sp³-hybridized carbons (Fsp3) is 1.00. The molecular formula is C8H19N3O3S. The molecule has 3 N–H and O–H groups in total. The molecule has 0 unspecified atom stereocenters. The van der Waals surface area contributed by atoms with Crippen LogP contribution < -0.4 is 14.8 Å². The maximum absolute atomic E-state index is 11.5. The molecule has 90 valence electrons. The van der Waals surface area contributed by atoms with Gasteiger partial charge in [0.2, 0.25) is 0 Å². The highest BCUT2D eigenvalue weighted by Crippen LogP contribution is 2.02. The predicted octanol–water partition coefficient (Wildman–Crippen LogP) is -1.19. The van der Waals surface area contributed by atoms with Crippen molar-refractivity contribution in [2.45, 2.75) is 18.9 Å². The van der Waals surface area contributed by atoms with E-state index in [1.165, 1.54) is 7.11 Å². The summed E-state index contributed by atoms with van der Waals surface area (Å²) in [5, 5.41) is 3.18. The molecule has 1 aliphatic rings. The van der Waals surface area contributed by atoms with Gasteiger partial charge < -0.3 is 10.1 Å². The lowest BCUT2D eigenvalue weighted by Gasteiger charge is -2.23. The van der Waals surface area contributed by atoms with Crippen LogP contribution in [0.4, 0.5) is 0 Å². The van der Waals surface area contributed by atoms with E-state index in [0.29, 0.717) is 13.2 Å². The first kappa shape index (κ1) is 12.9. The van der Waals surface area contributed by atoms with Gasteiger partial charge in [-0.25, -0.2) is 0 Å². The van der Waals surface area contributed by atoms with Crippen molar-refractivity contribution >= 4 is 10.2 Å². The van der Waals surface area contributed by atoms with Crippen molar-refractivity contribution in [3.8, 4) is 0 Å². The molecule has 6 nitrogen and oxygen atoms in total. The van der Waals surface area contributed by atoms with E-state index < -0.39 is 10.2 Å². The zero-order chi connectivity index (χ0) is 11.1. The summed E-state index contributed by atoms with van der Waals surface area (Å²) in [5.41, 5.74) is 0. The number of methoxy groups -OCH3 is 1. The van der Waals surface area contributed by atoms with Crippen LogP contribution in [0.3, 0.4) is 0 Å². The maximum Gasteiger partial charge on any atom is 0.277 e. The summed E-state index contributed by atoms with van der Waals surface area (Å²) in [5.74, 6) is 0. The molecule has 0 aromatic heterocycles. The van der Waals surface area contributed by atoms with Gasteiger partial charge in [-0.3, -0.25) is 0 Å². The van der Waals surface area contributed by atoms with Crippen molar-refractivity contribution in [3.63, 3.8) is 0 Å². The van der Waals surface area contributed by atoms with E-state index in [0.717, 1.165) is 25.9 Å². The molecule has 0 aromatic rings. The second-order valence-corrected chi connectivity index (χ2v) is 5.06. The van der Waals surface area contributed by atoms with Crippen LogP contribution in [-0.2, 0) is 14.9 Å². The summed E-state index contributed by atoms with van der Waals surface area (Å²) in [7, 11) is -1.82. The lowest BCUT2D eigenvalue weighted by molar-refractivity contribution is 0.204. The first-order valence-electron chi connectivity index (χ1n) is 5.10. The molecule has 0 amide bonds. The van der Waals surface area contributed by atoms with Gasteiger partial charge in [0, 0.05) is 19.7 Å². The minimum Gasteiger partial charge on any atom is -0.383 e. The first-order valence-corrected chi connectivity index (χ1v) is 6.59. The third kappa shape index (κ3) is 5.43. The Morgan fingerprint density at radius 2 is 2.07 bits per heavy atom. The minimum absolute atomic E-state index is 0.0475. The van der Waals surface area contributed by atoms with E-state index in [2.05, 4.69) is 14.8 Å². The lowest BCUT2D eigenvalue weighted by atomic mass is 10.1. The summed E-state index contributed by atoms with van der Waals surface area (Å²) in [6.07, 6.45) is 1.68. The van der Waals surface area contributed by atoms with Crippen LogP contribution in [-0.4, -0.2) is 47.8 Å². The van der Waals surface area contributed by atoms with E-state index in [-0.39, 0.29) is 6.04 Å². The van der Waals surface area contributed by atoms with Crippen molar-refractivity contribution in [3.05, 3.63) is 0 Å². The summed E-state index contributed by atoms with van der Waals surface area (Å²) in [6, 6.07) is 0.0475. The Balaban J connectivity index is 2.27. The molecule has 0 aromatic carbocycles. The molecule has 0 radical (unpaired) electrons. The highest BCUT2D eigenvalue weighted by molar-refractivity contribution is 7.87. The van der Waals surface area contributed by atoms with Gasteiger partial charge in [0.1, 0.15) is 0 Å². The van der Waals surface area contributed by atoms with Gasteiger partial charge in [0.05, 0.1) is 6.61 Å². The van der Waals surface area contributed by atoms with Crippen LogP contribution >= 0.6 is 0 Å². The standard InChI is InChI=1S/C8H19N3O3S/c1-14-7-6-10-15(12,13)11-8-2-4-9-5-3-8/h8-11H,2-7H2,1H3. The Kier molecular flexibility index (Phi) is 5.48. The average molecular weight is 237 g/mol. The molecule has 0 bridgehead atoms. The van der Waals surface area contributed by atoms with Crippen molar-refractivity contribution < 1.29 is 13.2 Å². The second-order valence-electron chi connectivity index (χ2n) is 3.53. The molecule has 1 heterocycles. The van der Waals surface area contributed by atoms with Gasteiger partial charge in [0.25, 0.3) is 10.2 Å². The molecular weight excluding hydrogens is 218 g/mol. The molecule has 7 heteroatoms. The molecule has 1 saturated heterocycles. The summed E-state index contributed by atoms with van der Waals surface area (Å²) in [6.45, 7) is 2.42. The van der Waals surface area contributed by atoms with Gasteiger partial charge in [-0.2, -0.15) is 17.9 Å². The molecule has 1 rings (SSSR count). The Morgan fingerprint density at radius 1 is 1.40 bits per heavy atom. The SMILES string of the molecule is COCCNS(=O)(=O)NC1CCNCC1. The fourth-order valence-corrected chi connectivity index (χ4v) is 2.59. The summed E-state index contributed by atoms with van der Waals surface area (Å²) in [4.78, 5) is 0. The topological polar surface area (TPSA) is 79.5 Å². The zero-order valence-electron chi connectivity index (χ0n) is 8.95. The summed E-state index contributed by atoms with van der Waals surface area (Å²) >= 11 is 0. The van der Waals surface area contributed by atoms with Crippen molar-refractivity contribution in [1.29, 1.82) is 0 Å². The van der Waals surface area contributed by atoms with Gasteiger partial charge in [-0.1, -0.05) is 0 Å². The number of piperidine rings is 1. The monoisotopic (exact) mass is 237 g/mol. The number of nitrogens with one attached hydrogen (secondary N) is 3. The Bertz CT molecular complexity index is 262. The molecule has 1 aliphatic heterocycles. The number of hydrogen-bond acceptors (Lipinski definition) is 4. The van der Waals surface area contributed by atoms with Crippen LogP contribution in [0, 0.1) is 0 Å². The highest BCUT2D eigenvalue weighted by atomic mass is 32.2. The van der Waals surface area contributed by atoms with Gasteiger partial charge in [0.15, 0.2) is 0 Å². The van der Waals surface area contributed by atoms with E-state index in [9.17, 15) is 8.42 Å². The second kappa shape index (κ2) is 6.39. The Labute approximate surface area is 90.9 Å². The Morgan fingerprint density at radius 3 is 2.67 bits per heavy atom. The van der Waals surface area contributed by atoms with Crippen molar-refractivity contribution in [1.82, 2.24) is 14.8 Å². The van der Waals surface area contributed by atoms with Crippen LogP contribution in [0.5, 0.6) is 0 Å². The average Bonchev–Trinajstić information content (AvgIpc) is 2.18. The number of hydrogen-bond donors (Lipinski definition) is 3. The largest absolute Gasteiger partial charge is 0.383 e. The lowest BCUT2D eigenvalue weighted by Crippen LogP contribution is -2.47. The fourth-order valence-electron chi connectivity index (χ4n) is 1.48. The molecule has 0 spiro atoms. The van der Waals surface area contributed by atoms with E-state index >= 15 is 0 Å². The molecule has 1 fully saturated rings. The van der Waals surface area contributed by atoms with Crippen LogP contribution in [0.2, 0.25) is 0 Å². The van der Waals surface area contributed by atoms with Crippen molar-refractivity contribution in [2.75, 3.05) is 33.4 Å². The van der Waals surface area contributed by atoms with E-state index in [4.69, 9.17) is 4.74 Å². The minimum atomic E-state index is -3.36. The first-order chi connectivity index (χ1) is 7.14. The predicted molar refractivity (Wildman–Crippen MR) is 57.8 cm³/mol. The van der Waals surface area contributed by atoms with E-state index in [1.54, 1.807) is 0 Å². The van der Waals surface area contributed by atoms with Crippen LogP contribution in [0.1, 0.15) is 12.8 Å². The smallest absolute Gasteiger partial charge is 0.277 e. The maximum atomic E-state index is 11.5. The molecule has 0 saturated carbocycles. The van der Waals surface area contributed by atoms with Crippen molar-refractivity contribution in [2.24, 2.45) is 0 Å². The van der Waals surface area contributed by atoms with Crippen LogP contribution in [0.25, 0.3) is 0 Å². The molecule has 0 aliphatic carbocycles. The highest BCUT2D eigenvalue weighted by Gasteiger charge is 2.18. The quantitative estimate of drug-likeness (QED) is 0.508. The van der Waals surface area contributed by atoms with Crippen LogP contribution in [0.15, 0.2) is 0 Å². The third-order valence-corrected chi connectivity index (χ3v) is 3.49. The number of rotatable bonds is 6. The van der Waals surface area contributed by atoms with Gasteiger partial charge in [-0.15, -0.1) is 0 Å². The third-order valence-electron chi connectivity index (χ3n) is 2.26. The summed E-state index contributed by atoms with van der Waals surface area (Å²) < 4.78 is 32.8. The van der Waals surface area contributed by atoms with Gasteiger partial charge in [-0.05, 0) is 25.9 Å². The normalized spacial score (nSPS) is 19.3. The Hall–Kier alpha value is -0.210. The number of ether oxygens (including phenoxy) is 1. The molecule has 0 atom stereocenters. The zero-order valence-corrected chi connectivity index (χ0v) is 9.77. The van der Waals surface area contributed by atoms with E-state index in [1.807, 2.05) is 0 Å².